The number of anilines is 1. The van der Waals surface area contributed by atoms with Gasteiger partial charge < -0.3 is 15.3 Å². The van der Waals surface area contributed by atoms with Gasteiger partial charge in [-0.3, -0.25) is 0 Å². The molecule has 0 saturated heterocycles. The van der Waals surface area contributed by atoms with E-state index in [1.807, 2.05) is 18.2 Å². The molecule has 4 nitrogen and oxygen atoms in total. The summed E-state index contributed by atoms with van der Waals surface area (Å²) in [5, 5.41) is 11.9. The summed E-state index contributed by atoms with van der Waals surface area (Å²) in [6.07, 6.45) is 2.08. The third-order valence-electron chi connectivity index (χ3n) is 3.39. The van der Waals surface area contributed by atoms with Crippen molar-refractivity contribution < 1.29 is 9.90 Å². The zero-order valence-electron chi connectivity index (χ0n) is 11.6. The summed E-state index contributed by atoms with van der Waals surface area (Å²) >= 11 is 0. The van der Waals surface area contributed by atoms with Crippen LogP contribution in [0.25, 0.3) is 0 Å². The van der Waals surface area contributed by atoms with Crippen LogP contribution in [0.2, 0.25) is 0 Å². The molecule has 4 heteroatoms. The third-order valence-corrected chi connectivity index (χ3v) is 3.39. The largest absolute Gasteiger partial charge is 0.395 e. The molecule has 1 saturated carbocycles. The SMILES string of the molecule is CC(C)c1cccc(NC(=O)N(CCO)C2CC2)c1. The molecule has 19 heavy (non-hydrogen) atoms. The van der Waals surface area contributed by atoms with Gasteiger partial charge in [0.15, 0.2) is 0 Å². The molecule has 1 aromatic carbocycles. The Balaban J connectivity index is 2.02. The topological polar surface area (TPSA) is 52.6 Å². The standard InChI is InChI=1S/C15H22N2O2/c1-11(2)12-4-3-5-13(10-12)16-15(19)17(8-9-18)14-6-7-14/h3-5,10-11,14,18H,6-9H2,1-2H3,(H,16,19). The summed E-state index contributed by atoms with van der Waals surface area (Å²) in [5.74, 6) is 0.439. The lowest BCUT2D eigenvalue weighted by atomic mass is 10.0. The maximum absolute atomic E-state index is 12.2. The van der Waals surface area contributed by atoms with E-state index < -0.39 is 0 Å². The highest BCUT2D eigenvalue weighted by Gasteiger charge is 2.32. The number of hydrogen-bond donors (Lipinski definition) is 2. The van der Waals surface area contributed by atoms with E-state index in [-0.39, 0.29) is 12.6 Å². The number of urea groups is 1. The summed E-state index contributed by atoms with van der Waals surface area (Å²) in [6, 6.07) is 8.11. The third kappa shape index (κ3) is 3.70. The van der Waals surface area contributed by atoms with Gasteiger partial charge in [-0.1, -0.05) is 26.0 Å². The Morgan fingerprint density at radius 1 is 1.47 bits per heavy atom. The van der Waals surface area contributed by atoms with Gasteiger partial charge in [0.25, 0.3) is 0 Å². The highest BCUT2D eigenvalue weighted by molar-refractivity contribution is 5.89. The van der Waals surface area contributed by atoms with Crippen LogP contribution in [0.1, 0.15) is 38.2 Å². The molecule has 2 amide bonds. The van der Waals surface area contributed by atoms with Gasteiger partial charge in [-0.15, -0.1) is 0 Å². The Kier molecular flexibility index (Phi) is 4.43. The lowest BCUT2D eigenvalue weighted by Crippen LogP contribution is -2.38. The minimum absolute atomic E-state index is 0.00987. The number of nitrogens with one attached hydrogen (secondary N) is 1. The van der Waals surface area contributed by atoms with Crippen molar-refractivity contribution in [3.63, 3.8) is 0 Å². The van der Waals surface area contributed by atoms with E-state index >= 15 is 0 Å². The first-order valence-electron chi connectivity index (χ1n) is 6.90. The van der Waals surface area contributed by atoms with Crippen molar-refractivity contribution in [2.24, 2.45) is 0 Å². The Morgan fingerprint density at radius 3 is 2.79 bits per heavy atom. The van der Waals surface area contributed by atoms with Crippen molar-refractivity contribution in [3.8, 4) is 0 Å². The first-order valence-corrected chi connectivity index (χ1v) is 6.90. The van der Waals surface area contributed by atoms with Crippen LogP contribution in [0.15, 0.2) is 24.3 Å². The minimum atomic E-state index is -0.113. The monoisotopic (exact) mass is 262 g/mol. The zero-order chi connectivity index (χ0) is 13.8. The number of aliphatic hydroxyl groups excluding tert-OH is 1. The predicted molar refractivity (Wildman–Crippen MR) is 76.4 cm³/mol. The molecule has 2 rings (SSSR count). The molecule has 0 atom stereocenters. The first-order chi connectivity index (χ1) is 9.11. The molecule has 1 fully saturated rings. The molecular formula is C15H22N2O2. The summed E-state index contributed by atoms with van der Waals surface area (Å²) < 4.78 is 0. The molecule has 0 bridgehead atoms. The summed E-state index contributed by atoms with van der Waals surface area (Å²) in [5.41, 5.74) is 2.03. The molecule has 0 aromatic heterocycles. The second kappa shape index (κ2) is 6.06. The van der Waals surface area contributed by atoms with Crippen LogP contribution >= 0.6 is 0 Å². The molecule has 0 heterocycles. The molecule has 0 unspecified atom stereocenters. The van der Waals surface area contributed by atoms with E-state index in [4.69, 9.17) is 5.11 Å². The molecule has 2 N–H and O–H groups in total. The predicted octanol–water partition coefficient (Wildman–Crippen LogP) is 2.80. The first kappa shape index (κ1) is 13.9. The van der Waals surface area contributed by atoms with Crippen LogP contribution in [0.3, 0.4) is 0 Å². The van der Waals surface area contributed by atoms with Crippen LogP contribution in [0.5, 0.6) is 0 Å². The lowest BCUT2D eigenvalue weighted by molar-refractivity contribution is 0.185. The fraction of sp³-hybridized carbons (Fsp3) is 0.533. The lowest BCUT2D eigenvalue weighted by Gasteiger charge is -2.22. The number of aliphatic hydroxyl groups is 1. The molecule has 1 aliphatic rings. The van der Waals surface area contributed by atoms with Crippen LogP contribution < -0.4 is 5.32 Å². The fourth-order valence-corrected chi connectivity index (χ4v) is 2.11. The van der Waals surface area contributed by atoms with Gasteiger partial charge in [0.05, 0.1) is 6.61 Å². The average molecular weight is 262 g/mol. The zero-order valence-corrected chi connectivity index (χ0v) is 11.6. The quantitative estimate of drug-likeness (QED) is 0.857. The summed E-state index contributed by atoms with van der Waals surface area (Å²) in [6.45, 7) is 4.67. The van der Waals surface area contributed by atoms with Crippen molar-refractivity contribution in [2.45, 2.75) is 38.6 Å². The summed E-state index contributed by atoms with van der Waals surface area (Å²) in [7, 11) is 0. The van der Waals surface area contributed by atoms with E-state index in [1.54, 1.807) is 4.90 Å². The number of amides is 2. The van der Waals surface area contributed by atoms with Gasteiger partial charge >= 0.3 is 6.03 Å². The Bertz CT molecular complexity index is 442. The van der Waals surface area contributed by atoms with Gasteiger partial charge in [0.1, 0.15) is 0 Å². The minimum Gasteiger partial charge on any atom is -0.395 e. The van der Waals surface area contributed by atoms with E-state index in [0.29, 0.717) is 18.5 Å². The van der Waals surface area contributed by atoms with Crippen LogP contribution in [0.4, 0.5) is 10.5 Å². The van der Waals surface area contributed by atoms with Crippen LogP contribution in [0, 0.1) is 0 Å². The van der Waals surface area contributed by atoms with E-state index in [9.17, 15) is 4.79 Å². The number of carbonyl (C=O) groups excluding carboxylic acids is 1. The van der Waals surface area contributed by atoms with Crippen LogP contribution in [-0.4, -0.2) is 35.2 Å². The highest BCUT2D eigenvalue weighted by atomic mass is 16.3. The van der Waals surface area contributed by atoms with Crippen molar-refractivity contribution in [2.75, 3.05) is 18.5 Å². The van der Waals surface area contributed by atoms with E-state index in [2.05, 4.69) is 25.2 Å². The number of nitrogens with zero attached hydrogens (tertiary/aromatic N) is 1. The second-order valence-corrected chi connectivity index (χ2v) is 5.36. The molecule has 0 aliphatic heterocycles. The maximum atomic E-state index is 12.2. The van der Waals surface area contributed by atoms with E-state index in [0.717, 1.165) is 18.5 Å². The van der Waals surface area contributed by atoms with E-state index in [1.165, 1.54) is 5.56 Å². The van der Waals surface area contributed by atoms with Crippen molar-refractivity contribution >= 4 is 11.7 Å². The van der Waals surface area contributed by atoms with Gasteiger partial charge in [0, 0.05) is 18.3 Å². The van der Waals surface area contributed by atoms with Crippen LogP contribution in [-0.2, 0) is 0 Å². The Morgan fingerprint density at radius 2 is 2.21 bits per heavy atom. The van der Waals surface area contributed by atoms with Crippen molar-refractivity contribution in [1.82, 2.24) is 4.90 Å². The average Bonchev–Trinajstić information content (AvgIpc) is 3.20. The molecule has 104 valence electrons. The van der Waals surface area contributed by atoms with Crippen molar-refractivity contribution in [3.05, 3.63) is 29.8 Å². The molecule has 1 aromatic rings. The summed E-state index contributed by atoms with van der Waals surface area (Å²) in [4.78, 5) is 13.9. The molecule has 0 spiro atoms. The van der Waals surface area contributed by atoms with Gasteiger partial charge in [-0.25, -0.2) is 4.79 Å². The Labute approximate surface area is 114 Å². The normalized spacial score (nSPS) is 14.5. The Hall–Kier alpha value is -1.55. The second-order valence-electron chi connectivity index (χ2n) is 5.36. The highest BCUT2D eigenvalue weighted by Crippen LogP contribution is 2.27. The number of carbonyl (C=O) groups is 1. The maximum Gasteiger partial charge on any atom is 0.322 e. The number of benzene rings is 1. The van der Waals surface area contributed by atoms with Gasteiger partial charge in [-0.2, -0.15) is 0 Å². The molecule has 1 aliphatic carbocycles. The molecular weight excluding hydrogens is 240 g/mol. The van der Waals surface area contributed by atoms with Gasteiger partial charge in [-0.05, 0) is 36.5 Å². The number of hydrogen-bond acceptors (Lipinski definition) is 2. The van der Waals surface area contributed by atoms with Crippen molar-refractivity contribution in [1.29, 1.82) is 0 Å². The fourth-order valence-electron chi connectivity index (χ4n) is 2.11. The van der Waals surface area contributed by atoms with Gasteiger partial charge in [0.2, 0.25) is 0 Å². The number of rotatable bonds is 5. The smallest absolute Gasteiger partial charge is 0.322 e. The molecule has 0 radical (unpaired) electrons.